The first-order valence-electron chi connectivity index (χ1n) is 7.93. The summed E-state index contributed by atoms with van der Waals surface area (Å²) in [5, 5.41) is 0. The van der Waals surface area contributed by atoms with Crippen molar-refractivity contribution < 1.29 is 28.5 Å². The van der Waals surface area contributed by atoms with Crippen molar-refractivity contribution >= 4 is 5.78 Å². The third-order valence-electron chi connectivity index (χ3n) is 4.70. The van der Waals surface area contributed by atoms with E-state index in [1.165, 1.54) is 0 Å². The smallest absolute Gasteiger partial charge is 0.231 e. The molecule has 0 saturated carbocycles. The number of benzene rings is 2. The molecule has 0 amide bonds. The van der Waals surface area contributed by atoms with E-state index in [-0.39, 0.29) is 18.5 Å². The molecule has 0 spiro atoms. The zero-order valence-corrected chi connectivity index (χ0v) is 14.3. The lowest BCUT2D eigenvalue weighted by molar-refractivity contribution is 0.0990. The second kappa shape index (κ2) is 5.88. The van der Waals surface area contributed by atoms with Gasteiger partial charge in [0.2, 0.25) is 12.5 Å². The average molecular weight is 342 g/mol. The fraction of sp³-hybridized carbons (Fsp3) is 0.316. The summed E-state index contributed by atoms with van der Waals surface area (Å²) in [6.07, 6.45) is 0.386. The van der Waals surface area contributed by atoms with Crippen LogP contribution >= 0.6 is 0 Å². The summed E-state index contributed by atoms with van der Waals surface area (Å²) >= 11 is 0. The molecule has 0 fully saturated rings. The van der Waals surface area contributed by atoms with Gasteiger partial charge in [0.1, 0.15) is 0 Å². The predicted octanol–water partition coefficient (Wildman–Crippen LogP) is 3.16. The predicted molar refractivity (Wildman–Crippen MR) is 89.5 cm³/mol. The molecule has 2 aliphatic rings. The van der Waals surface area contributed by atoms with Gasteiger partial charge in [0.15, 0.2) is 28.8 Å². The number of ketones is 1. The normalized spacial score (nSPS) is 17.4. The van der Waals surface area contributed by atoms with Crippen molar-refractivity contribution in [2.24, 2.45) is 0 Å². The van der Waals surface area contributed by atoms with Crippen molar-refractivity contribution in [2.45, 2.75) is 12.3 Å². The summed E-state index contributed by atoms with van der Waals surface area (Å²) in [5.41, 5.74) is 2.55. The maximum atomic E-state index is 12.5. The van der Waals surface area contributed by atoms with Crippen LogP contribution in [0.3, 0.4) is 0 Å². The highest BCUT2D eigenvalue weighted by molar-refractivity contribution is 6.02. The van der Waals surface area contributed by atoms with Crippen molar-refractivity contribution in [3.63, 3.8) is 0 Å². The van der Waals surface area contributed by atoms with Crippen LogP contribution in [0.1, 0.15) is 33.8 Å². The zero-order chi connectivity index (χ0) is 17.6. The minimum absolute atomic E-state index is 0.0899. The van der Waals surface area contributed by atoms with Crippen LogP contribution in [-0.2, 0) is 0 Å². The number of Topliss-reactive ketones (excluding diaryl/α,β-unsaturated/α-hetero) is 1. The van der Waals surface area contributed by atoms with Gasteiger partial charge in [-0.1, -0.05) is 0 Å². The van der Waals surface area contributed by atoms with E-state index in [9.17, 15) is 4.79 Å². The monoisotopic (exact) mass is 342 g/mol. The Morgan fingerprint density at radius 3 is 2.16 bits per heavy atom. The summed E-state index contributed by atoms with van der Waals surface area (Å²) in [4.78, 5) is 12.5. The summed E-state index contributed by atoms with van der Waals surface area (Å²) in [5.74, 6) is 2.96. The van der Waals surface area contributed by atoms with Gasteiger partial charge in [-0.3, -0.25) is 4.79 Å². The van der Waals surface area contributed by atoms with Crippen LogP contribution in [0.4, 0.5) is 0 Å². The number of hydrogen-bond donors (Lipinski definition) is 0. The van der Waals surface area contributed by atoms with Crippen LogP contribution in [-0.4, -0.2) is 33.9 Å². The molecule has 0 radical (unpaired) electrons. The zero-order valence-electron chi connectivity index (χ0n) is 14.3. The van der Waals surface area contributed by atoms with Crippen molar-refractivity contribution in [3.05, 3.63) is 41.0 Å². The number of rotatable bonds is 4. The molecule has 4 rings (SSSR count). The van der Waals surface area contributed by atoms with Gasteiger partial charge < -0.3 is 23.7 Å². The number of carbonyl (C=O) groups is 1. The van der Waals surface area contributed by atoms with Crippen LogP contribution in [0.2, 0.25) is 0 Å². The van der Waals surface area contributed by atoms with E-state index in [1.54, 1.807) is 27.4 Å². The van der Waals surface area contributed by atoms with Gasteiger partial charge in [-0.05, 0) is 35.4 Å². The summed E-state index contributed by atoms with van der Waals surface area (Å²) in [6.45, 7) is 0.182. The summed E-state index contributed by atoms with van der Waals surface area (Å²) in [7, 11) is 4.72. The van der Waals surface area contributed by atoms with Crippen molar-refractivity contribution in [3.8, 4) is 28.7 Å². The van der Waals surface area contributed by atoms with Crippen LogP contribution in [0.25, 0.3) is 0 Å². The fourth-order valence-corrected chi connectivity index (χ4v) is 3.49. The number of fused-ring (bicyclic) bond motifs is 2. The lowest BCUT2D eigenvalue weighted by atomic mass is 9.92. The SMILES string of the molecule is COc1cc(C2CC(=O)c3cc4c(cc32)OCO4)cc(OC)c1OC. The molecule has 1 aliphatic heterocycles. The lowest BCUT2D eigenvalue weighted by Crippen LogP contribution is -2.01. The van der Waals surface area contributed by atoms with Crippen molar-refractivity contribution in [1.82, 2.24) is 0 Å². The number of carbonyl (C=O) groups excluding carboxylic acids is 1. The number of ether oxygens (including phenoxy) is 5. The topological polar surface area (TPSA) is 63.2 Å². The van der Waals surface area contributed by atoms with Gasteiger partial charge in [0.25, 0.3) is 0 Å². The molecule has 6 heteroatoms. The van der Waals surface area contributed by atoms with Crippen LogP contribution in [0, 0.1) is 0 Å². The second-order valence-corrected chi connectivity index (χ2v) is 5.93. The molecule has 2 aromatic carbocycles. The standard InChI is InChI=1S/C19H18O6/c1-21-17-4-10(5-18(22-2)19(17)23-3)11-6-14(20)13-8-16-15(7-12(11)13)24-9-25-16/h4-5,7-8,11H,6,9H2,1-3H3. The van der Waals surface area contributed by atoms with Crippen LogP contribution < -0.4 is 23.7 Å². The average Bonchev–Trinajstić information content (AvgIpc) is 3.22. The van der Waals surface area contributed by atoms with E-state index >= 15 is 0 Å². The van der Waals surface area contributed by atoms with Crippen molar-refractivity contribution in [1.29, 1.82) is 0 Å². The minimum Gasteiger partial charge on any atom is -0.493 e. The maximum absolute atomic E-state index is 12.5. The summed E-state index contributed by atoms with van der Waals surface area (Å²) in [6, 6.07) is 7.45. The third-order valence-corrected chi connectivity index (χ3v) is 4.70. The first kappa shape index (κ1) is 15.6. The van der Waals surface area contributed by atoms with Crippen LogP contribution in [0.15, 0.2) is 24.3 Å². The van der Waals surface area contributed by atoms with Crippen molar-refractivity contribution in [2.75, 3.05) is 28.1 Å². The Balaban J connectivity index is 1.84. The van der Waals surface area contributed by atoms with E-state index in [0.717, 1.165) is 11.1 Å². The molecule has 2 aromatic rings. The van der Waals surface area contributed by atoms with Crippen LogP contribution in [0.5, 0.6) is 28.7 Å². The fourth-order valence-electron chi connectivity index (χ4n) is 3.49. The maximum Gasteiger partial charge on any atom is 0.231 e. The molecule has 1 unspecified atom stereocenters. The van der Waals surface area contributed by atoms with E-state index in [1.807, 2.05) is 18.2 Å². The first-order valence-corrected chi connectivity index (χ1v) is 7.93. The van der Waals surface area contributed by atoms with E-state index in [4.69, 9.17) is 23.7 Å². The number of hydrogen-bond acceptors (Lipinski definition) is 6. The molecular weight excluding hydrogens is 324 g/mol. The molecule has 1 aliphatic carbocycles. The highest BCUT2D eigenvalue weighted by atomic mass is 16.7. The lowest BCUT2D eigenvalue weighted by Gasteiger charge is -2.17. The van der Waals surface area contributed by atoms with Gasteiger partial charge in [0, 0.05) is 17.9 Å². The Hall–Kier alpha value is -2.89. The van der Waals surface area contributed by atoms with Gasteiger partial charge in [-0.25, -0.2) is 0 Å². The van der Waals surface area contributed by atoms with E-state index in [2.05, 4.69) is 0 Å². The first-order chi connectivity index (χ1) is 12.2. The molecule has 25 heavy (non-hydrogen) atoms. The van der Waals surface area contributed by atoms with Gasteiger partial charge in [-0.15, -0.1) is 0 Å². The molecule has 1 atom stereocenters. The molecule has 0 N–H and O–H groups in total. The van der Waals surface area contributed by atoms with Gasteiger partial charge in [-0.2, -0.15) is 0 Å². The number of methoxy groups -OCH3 is 3. The molecule has 6 nitrogen and oxygen atoms in total. The Bertz CT molecular complexity index is 832. The van der Waals surface area contributed by atoms with Gasteiger partial charge >= 0.3 is 0 Å². The van der Waals surface area contributed by atoms with E-state index < -0.39 is 0 Å². The molecule has 0 bridgehead atoms. The molecule has 130 valence electrons. The highest BCUT2D eigenvalue weighted by Crippen LogP contribution is 2.48. The Morgan fingerprint density at radius 2 is 1.56 bits per heavy atom. The van der Waals surface area contributed by atoms with E-state index in [0.29, 0.717) is 40.7 Å². The Kier molecular flexibility index (Phi) is 3.67. The second-order valence-electron chi connectivity index (χ2n) is 5.93. The molecular formula is C19H18O6. The van der Waals surface area contributed by atoms with Gasteiger partial charge in [0.05, 0.1) is 21.3 Å². The highest BCUT2D eigenvalue weighted by Gasteiger charge is 2.34. The Morgan fingerprint density at radius 1 is 0.920 bits per heavy atom. The molecule has 0 saturated heterocycles. The molecule has 1 heterocycles. The largest absolute Gasteiger partial charge is 0.493 e. The summed E-state index contributed by atoms with van der Waals surface area (Å²) < 4.78 is 27.1. The quantitative estimate of drug-likeness (QED) is 0.850. The minimum atomic E-state index is -0.0919. The Labute approximate surface area is 145 Å². The third kappa shape index (κ3) is 2.36. The molecule has 0 aromatic heterocycles.